The first kappa shape index (κ1) is 16.8. The third kappa shape index (κ3) is 7.68. The molecule has 7 nitrogen and oxygen atoms in total. The van der Waals surface area contributed by atoms with Crippen LogP contribution < -0.4 is 0 Å². The highest BCUT2D eigenvalue weighted by molar-refractivity contribution is 7.86. The number of phosphoric ester groups is 1. The summed E-state index contributed by atoms with van der Waals surface area (Å²) in [7, 11) is -6.90. The molecule has 0 aromatic carbocycles. The summed E-state index contributed by atoms with van der Waals surface area (Å²) in [5.74, 6) is -1.39. The van der Waals surface area contributed by atoms with Crippen LogP contribution in [0.4, 0.5) is 13.2 Å². The van der Waals surface area contributed by atoms with E-state index in [1.807, 2.05) is 0 Å². The zero-order valence-corrected chi connectivity index (χ0v) is 10.5. The van der Waals surface area contributed by atoms with Crippen molar-refractivity contribution in [2.75, 3.05) is 26.8 Å². The predicted octanol–water partition coefficient (Wildman–Crippen LogP) is 1.27. The summed E-state index contributed by atoms with van der Waals surface area (Å²) < 4.78 is 84.1. The first-order chi connectivity index (χ1) is 7.54. The van der Waals surface area contributed by atoms with Crippen LogP contribution >= 0.6 is 7.82 Å². The molecule has 0 saturated heterocycles. The average Bonchev–Trinajstić information content (AvgIpc) is 2.23. The number of hydrogen-bond donors (Lipinski definition) is 0. The highest BCUT2D eigenvalue weighted by atomic mass is 32.2. The van der Waals surface area contributed by atoms with Crippen LogP contribution in [0.25, 0.3) is 0 Å². The summed E-state index contributed by atoms with van der Waals surface area (Å²) in [6, 6.07) is 0. The van der Waals surface area contributed by atoms with E-state index in [1.165, 1.54) is 0 Å². The van der Waals surface area contributed by atoms with Gasteiger partial charge in [-0.05, 0) is 0 Å². The summed E-state index contributed by atoms with van der Waals surface area (Å²) in [6.07, 6.45) is -4.81. The normalized spacial score (nSPS) is 13.9. The zero-order valence-electron chi connectivity index (χ0n) is 8.76. The summed E-state index contributed by atoms with van der Waals surface area (Å²) in [6.45, 7) is -2.00. The average molecular weight is 302 g/mol. The second-order valence-electron chi connectivity index (χ2n) is 2.49. The Morgan fingerprint density at radius 1 is 1.18 bits per heavy atom. The molecular weight excluding hydrogens is 292 g/mol. The molecule has 0 N–H and O–H groups in total. The Bertz CT molecular complexity index is 369. The molecule has 0 bridgehead atoms. The van der Waals surface area contributed by atoms with Crippen molar-refractivity contribution in [2.45, 2.75) is 6.18 Å². The topological polar surface area (TPSA) is 88.1 Å². The van der Waals surface area contributed by atoms with Crippen molar-refractivity contribution in [1.29, 1.82) is 0 Å². The molecule has 0 aromatic heterocycles. The number of hydrogen-bond acceptors (Lipinski definition) is 7. The summed E-state index contributed by atoms with van der Waals surface area (Å²) in [5.41, 5.74) is 0. The Morgan fingerprint density at radius 3 is 2.00 bits per heavy atom. The van der Waals surface area contributed by atoms with Crippen LogP contribution in [0.15, 0.2) is 0 Å². The molecule has 17 heavy (non-hydrogen) atoms. The van der Waals surface area contributed by atoms with Gasteiger partial charge in [-0.25, -0.2) is 4.57 Å². The molecule has 0 rings (SSSR count). The van der Waals surface area contributed by atoms with Gasteiger partial charge in [-0.1, -0.05) is 0 Å². The lowest BCUT2D eigenvalue weighted by molar-refractivity contribution is -0.152. The predicted molar refractivity (Wildman–Crippen MR) is 48.5 cm³/mol. The Hall–Kier alpha value is -0.190. The van der Waals surface area contributed by atoms with Gasteiger partial charge in [0.2, 0.25) is 0 Å². The van der Waals surface area contributed by atoms with Crippen molar-refractivity contribution in [2.24, 2.45) is 0 Å². The van der Waals surface area contributed by atoms with Crippen LogP contribution in [0.2, 0.25) is 0 Å². The molecule has 0 fully saturated rings. The molecule has 0 aliphatic carbocycles. The molecule has 0 aliphatic heterocycles. The number of rotatable bonds is 7. The molecule has 0 saturated carbocycles. The van der Waals surface area contributed by atoms with Crippen LogP contribution in [-0.4, -0.2) is 41.4 Å². The van der Waals surface area contributed by atoms with Crippen molar-refractivity contribution in [1.82, 2.24) is 0 Å². The Kier molecular flexibility index (Phi) is 6.05. The SMILES string of the molecule is COP(=O)(OC)OCS(=O)(=O)OCC(F)(F)F. The lowest BCUT2D eigenvalue weighted by Crippen LogP contribution is -2.22. The Labute approximate surface area is 95.5 Å². The lowest BCUT2D eigenvalue weighted by atomic mass is 10.7. The van der Waals surface area contributed by atoms with E-state index in [9.17, 15) is 26.2 Å². The fourth-order valence-corrected chi connectivity index (χ4v) is 2.27. The lowest BCUT2D eigenvalue weighted by Gasteiger charge is -2.13. The van der Waals surface area contributed by atoms with Gasteiger partial charge >= 0.3 is 14.0 Å². The molecule has 0 spiro atoms. The van der Waals surface area contributed by atoms with Gasteiger partial charge in [0, 0.05) is 14.2 Å². The van der Waals surface area contributed by atoms with Crippen LogP contribution in [0.5, 0.6) is 0 Å². The quantitative estimate of drug-likeness (QED) is 0.517. The van der Waals surface area contributed by atoms with Crippen LogP contribution in [0.3, 0.4) is 0 Å². The Morgan fingerprint density at radius 2 is 1.65 bits per heavy atom. The van der Waals surface area contributed by atoms with Gasteiger partial charge in [0.05, 0.1) is 0 Å². The Balaban J connectivity index is 4.34. The molecular formula is C5H10F3O7PS. The summed E-state index contributed by atoms with van der Waals surface area (Å²) in [4.78, 5) is 0. The minimum absolute atomic E-state index is 0.910. The fraction of sp³-hybridized carbons (Fsp3) is 1.00. The monoisotopic (exact) mass is 302 g/mol. The molecule has 0 aromatic rings. The highest BCUT2D eigenvalue weighted by Gasteiger charge is 2.32. The number of phosphoric acid groups is 1. The second kappa shape index (κ2) is 6.12. The second-order valence-corrected chi connectivity index (χ2v) is 5.96. The van der Waals surface area contributed by atoms with E-state index in [2.05, 4.69) is 17.8 Å². The van der Waals surface area contributed by atoms with E-state index < -0.39 is 36.7 Å². The van der Waals surface area contributed by atoms with E-state index >= 15 is 0 Å². The van der Waals surface area contributed by atoms with Gasteiger partial charge in [-0.3, -0.25) is 17.8 Å². The van der Waals surface area contributed by atoms with E-state index in [-0.39, 0.29) is 0 Å². The van der Waals surface area contributed by atoms with Gasteiger partial charge in [-0.15, -0.1) is 0 Å². The first-order valence-corrected chi connectivity index (χ1v) is 6.87. The van der Waals surface area contributed by atoms with Crippen molar-refractivity contribution >= 4 is 17.9 Å². The van der Waals surface area contributed by atoms with Crippen LogP contribution in [0, 0.1) is 0 Å². The van der Waals surface area contributed by atoms with Gasteiger partial charge in [-0.2, -0.15) is 21.6 Å². The standard InChI is InChI=1S/C5H10F3O7PS/c1-12-16(9,13-2)14-4-17(10,11)15-3-5(6,7)8/h3-4H2,1-2H3. The maximum atomic E-state index is 11.7. The van der Waals surface area contributed by atoms with Gasteiger partial charge < -0.3 is 0 Å². The van der Waals surface area contributed by atoms with E-state index in [0.717, 1.165) is 14.2 Å². The van der Waals surface area contributed by atoms with Gasteiger partial charge in [0.1, 0.15) is 0 Å². The summed E-state index contributed by atoms with van der Waals surface area (Å²) >= 11 is 0. The largest absolute Gasteiger partial charge is 0.475 e. The zero-order chi connectivity index (χ0) is 13.7. The maximum Gasteiger partial charge on any atom is 0.475 e. The van der Waals surface area contributed by atoms with Crippen molar-refractivity contribution in [3.63, 3.8) is 0 Å². The van der Waals surface area contributed by atoms with Gasteiger partial charge in [0.25, 0.3) is 10.1 Å². The number of halogens is 3. The first-order valence-electron chi connectivity index (χ1n) is 3.83. The molecule has 0 amide bonds. The van der Waals surface area contributed by atoms with Crippen molar-refractivity contribution in [3.05, 3.63) is 0 Å². The molecule has 104 valence electrons. The molecule has 0 aliphatic rings. The number of alkyl halides is 3. The molecule has 0 heterocycles. The van der Waals surface area contributed by atoms with Crippen molar-refractivity contribution < 1.29 is 43.9 Å². The molecule has 0 radical (unpaired) electrons. The van der Waals surface area contributed by atoms with Crippen molar-refractivity contribution in [3.8, 4) is 0 Å². The smallest absolute Gasteiger partial charge is 0.290 e. The maximum absolute atomic E-state index is 11.7. The van der Waals surface area contributed by atoms with E-state index in [0.29, 0.717) is 0 Å². The third-order valence-corrected chi connectivity index (χ3v) is 3.60. The molecule has 0 atom stereocenters. The summed E-state index contributed by atoms with van der Waals surface area (Å²) in [5, 5.41) is 0. The van der Waals surface area contributed by atoms with E-state index in [4.69, 9.17) is 0 Å². The third-order valence-electron chi connectivity index (χ3n) is 1.20. The molecule has 12 heteroatoms. The van der Waals surface area contributed by atoms with Crippen LogP contribution in [0.1, 0.15) is 0 Å². The minimum atomic E-state index is -4.81. The van der Waals surface area contributed by atoms with Gasteiger partial charge in [0.15, 0.2) is 12.5 Å². The fourth-order valence-electron chi connectivity index (χ4n) is 0.500. The minimum Gasteiger partial charge on any atom is -0.290 e. The molecule has 0 unspecified atom stereocenters. The van der Waals surface area contributed by atoms with Crippen LogP contribution in [-0.2, 0) is 32.4 Å². The highest BCUT2D eigenvalue weighted by Crippen LogP contribution is 2.47. The van der Waals surface area contributed by atoms with E-state index in [1.54, 1.807) is 0 Å².